The van der Waals surface area contributed by atoms with E-state index in [2.05, 4.69) is 0 Å². The van der Waals surface area contributed by atoms with Crippen molar-refractivity contribution in [1.29, 1.82) is 0 Å². The lowest BCUT2D eigenvalue weighted by atomic mass is 10.2. The van der Waals surface area contributed by atoms with Crippen LogP contribution in [-0.4, -0.2) is 7.11 Å². The standard InChI is InChI=1S/C8H6F2I2O/c1-13-7-5(12)3-2-4(11)6(7)8(9)10/h2-3,8H,1H3. The van der Waals surface area contributed by atoms with Crippen LogP contribution < -0.4 is 4.74 Å². The van der Waals surface area contributed by atoms with Crippen LogP contribution in [0.25, 0.3) is 0 Å². The highest BCUT2D eigenvalue weighted by Crippen LogP contribution is 2.36. The topological polar surface area (TPSA) is 9.23 Å². The van der Waals surface area contributed by atoms with E-state index < -0.39 is 6.43 Å². The van der Waals surface area contributed by atoms with E-state index in [1.807, 2.05) is 45.2 Å². The number of benzene rings is 1. The molecule has 0 N–H and O–H groups in total. The van der Waals surface area contributed by atoms with E-state index in [0.717, 1.165) is 0 Å². The molecule has 0 aliphatic rings. The maximum Gasteiger partial charge on any atom is 0.268 e. The van der Waals surface area contributed by atoms with Crippen LogP contribution in [0.15, 0.2) is 12.1 Å². The van der Waals surface area contributed by atoms with Crippen molar-refractivity contribution in [3.63, 3.8) is 0 Å². The first-order valence-electron chi connectivity index (χ1n) is 3.38. The van der Waals surface area contributed by atoms with E-state index in [-0.39, 0.29) is 11.3 Å². The second kappa shape index (κ2) is 4.72. The van der Waals surface area contributed by atoms with Gasteiger partial charge >= 0.3 is 0 Å². The van der Waals surface area contributed by atoms with Crippen molar-refractivity contribution in [1.82, 2.24) is 0 Å². The van der Waals surface area contributed by atoms with Crippen LogP contribution in [0.2, 0.25) is 0 Å². The fraction of sp³-hybridized carbons (Fsp3) is 0.250. The minimum Gasteiger partial charge on any atom is -0.495 e. The third-order valence-corrected chi connectivity index (χ3v) is 3.31. The zero-order valence-corrected chi connectivity index (χ0v) is 11.0. The third kappa shape index (κ3) is 2.42. The molecule has 5 heteroatoms. The Labute approximate surface area is 102 Å². The van der Waals surface area contributed by atoms with Crippen molar-refractivity contribution in [2.45, 2.75) is 6.43 Å². The molecule has 1 nitrogen and oxygen atoms in total. The van der Waals surface area contributed by atoms with E-state index in [1.54, 1.807) is 12.1 Å². The van der Waals surface area contributed by atoms with Gasteiger partial charge < -0.3 is 4.74 Å². The zero-order valence-electron chi connectivity index (χ0n) is 6.65. The van der Waals surface area contributed by atoms with Crippen molar-refractivity contribution >= 4 is 45.2 Å². The van der Waals surface area contributed by atoms with Gasteiger partial charge in [0.2, 0.25) is 0 Å². The molecule has 0 amide bonds. The molecule has 0 radical (unpaired) electrons. The number of alkyl halides is 2. The van der Waals surface area contributed by atoms with Crippen LogP contribution in [0, 0.1) is 7.14 Å². The highest BCUT2D eigenvalue weighted by Gasteiger charge is 2.19. The molecule has 72 valence electrons. The van der Waals surface area contributed by atoms with E-state index in [9.17, 15) is 8.78 Å². The predicted molar refractivity (Wildman–Crippen MR) is 63.4 cm³/mol. The Balaban J connectivity index is 3.35. The van der Waals surface area contributed by atoms with Crippen LogP contribution in [0.1, 0.15) is 12.0 Å². The monoisotopic (exact) mass is 410 g/mol. The summed E-state index contributed by atoms with van der Waals surface area (Å²) in [5.41, 5.74) is -0.0185. The first-order chi connectivity index (χ1) is 6.07. The minimum absolute atomic E-state index is 0.0185. The molecule has 0 atom stereocenters. The highest BCUT2D eigenvalue weighted by atomic mass is 127. The van der Waals surface area contributed by atoms with Crippen LogP contribution in [0.3, 0.4) is 0 Å². The third-order valence-electron chi connectivity index (χ3n) is 1.52. The van der Waals surface area contributed by atoms with Crippen LogP contribution in [-0.2, 0) is 0 Å². The molecular formula is C8H6F2I2O. The number of rotatable bonds is 2. The Hall–Kier alpha value is 0.340. The maximum atomic E-state index is 12.6. The molecule has 0 spiro atoms. The van der Waals surface area contributed by atoms with Gasteiger partial charge in [-0.1, -0.05) is 0 Å². The average molecular weight is 410 g/mol. The van der Waals surface area contributed by atoms with E-state index in [4.69, 9.17) is 4.74 Å². The lowest BCUT2D eigenvalue weighted by Crippen LogP contribution is -1.98. The van der Waals surface area contributed by atoms with Crippen LogP contribution >= 0.6 is 45.2 Å². The van der Waals surface area contributed by atoms with Crippen LogP contribution in [0.4, 0.5) is 8.78 Å². The van der Waals surface area contributed by atoms with Gasteiger partial charge in [0.15, 0.2) is 0 Å². The Morgan fingerprint density at radius 2 is 1.77 bits per heavy atom. The smallest absolute Gasteiger partial charge is 0.268 e. The lowest BCUT2D eigenvalue weighted by Gasteiger charge is -2.11. The van der Waals surface area contributed by atoms with Crippen molar-refractivity contribution < 1.29 is 13.5 Å². The quantitative estimate of drug-likeness (QED) is 0.674. The zero-order chi connectivity index (χ0) is 10.0. The summed E-state index contributed by atoms with van der Waals surface area (Å²) in [6.07, 6.45) is -2.49. The summed E-state index contributed by atoms with van der Waals surface area (Å²) in [5, 5.41) is 0. The molecular weight excluding hydrogens is 404 g/mol. The van der Waals surface area contributed by atoms with Gasteiger partial charge in [-0.15, -0.1) is 0 Å². The Morgan fingerprint density at radius 1 is 1.23 bits per heavy atom. The fourth-order valence-corrected chi connectivity index (χ4v) is 2.31. The van der Waals surface area contributed by atoms with Gasteiger partial charge in [0.05, 0.1) is 16.2 Å². The second-order valence-electron chi connectivity index (χ2n) is 2.28. The molecule has 13 heavy (non-hydrogen) atoms. The lowest BCUT2D eigenvalue weighted by molar-refractivity contribution is 0.146. The number of hydrogen-bond acceptors (Lipinski definition) is 1. The predicted octanol–water partition coefficient (Wildman–Crippen LogP) is 3.84. The molecule has 0 aromatic heterocycles. The van der Waals surface area contributed by atoms with Gasteiger partial charge in [-0.3, -0.25) is 0 Å². The number of methoxy groups -OCH3 is 1. The van der Waals surface area contributed by atoms with Gasteiger partial charge in [-0.2, -0.15) is 0 Å². The molecule has 0 fully saturated rings. The molecule has 0 aliphatic heterocycles. The van der Waals surface area contributed by atoms with Crippen molar-refractivity contribution in [3.8, 4) is 5.75 Å². The molecule has 0 aliphatic carbocycles. The summed E-state index contributed by atoms with van der Waals surface area (Å²) >= 11 is 3.85. The summed E-state index contributed by atoms with van der Waals surface area (Å²) in [6, 6.07) is 3.42. The van der Waals surface area contributed by atoms with Crippen molar-refractivity contribution in [3.05, 3.63) is 24.8 Å². The van der Waals surface area contributed by atoms with Crippen LogP contribution in [0.5, 0.6) is 5.75 Å². The summed E-state index contributed by atoms with van der Waals surface area (Å²) in [4.78, 5) is 0. The molecule has 1 aromatic carbocycles. The second-order valence-corrected chi connectivity index (χ2v) is 4.60. The summed E-state index contributed by atoms with van der Waals surface area (Å²) in [7, 11) is 1.40. The maximum absolute atomic E-state index is 12.6. The van der Waals surface area contributed by atoms with Gasteiger partial charge in [-0.25, -0.2) is 8.78 Å². The van der Waals surface area contributed by atoms with Gasteiger partial charge in [-0.05, 0) is 57.3 Å². The van der Waals surface area contributed by atoms with Crippen molar-refractivity contribution in [2.75, 3.05) is 7.11 Å². The normalized spacial score (nSPS) is 10.6. The summed E-state index contributed by atoms with van der Waals surface area (Å²) in [5.74, 6) is 0.280. The average Bonchev–Trinajstić information content (AvgIpc) is 2.07. The summed E-state index contributed by atoms with van der Waals surface area (Å²) in [6.45, 7) is 0. The van der Waals surface area contributed by atoms with Gasteiger partial charge in [0, 0.05) is 3.57 Å². The molecule has 0 saturated carbocycles. The SMILES string of the molecule is COc1c(I)ccc(I)c1C(F)F. The van der Waals surface area contributed by atoms with Gasteiger partial charge in [0.1, 0.15) is 5.75 Å². The van der Waals surface area contributed by atoms with Crippen molar-refractivity contribution in [2.24, 2.45) is 0 Å². The summed E-state index contributed by atoms with van der Waals surface area (Å²) < 4.78 is 31.3. The highest BCUT2D eigenvalue weighted by molar-refractivity contribution is 14.1. The molecule has 0 bridgehead atoms. The van der Waals surface area contributed by atoms with Gasteiger partial charge in [0.25, 0.3) is 6.43 Å². The molecule has 1 aromatic rings. The number of halogens is 4. The first-order valence-corrected chi connectivity index (χ1v) is 5.53. The Bertz CT molecular complexity index is 315. The number of hydrogen-bond donors (Lipinski definition) is 0. The van der Waals surface area contributed by atoms with E-state index >= 15 is 0 Å². The molecule has 0 heterocycles. The fourth-order valence-electron chi connectivity index (χ4n) is 0.960. The molecule has 0 unspecified atom stereocenters. The Kier molecular flexibility index (Phi) is 4.14. The van der Waals surface area contributed by atoms with E-state index in [1.165, 1.54) is 7.11 Å². The Morgan fingerprint density at radius 3 is 2.15 bits per heavy atom. The first kappa shape index (κ1) is 11.4. The minimum atomic E-state index is -2.49. The molecule has 0 saturated heterocycles. The van der Waals surface area contributed by atoms with E-state index in [0.29, 0.717) is 7.14 Å². The molecule has 1 rings (SSSR count). The number of ether oxygens (including phenoxy) is 1. The largest absolute Gasteiger partial charge is 0.495 e.